The molecule has 0 aliphatic heterocycles. The number of fused-ring (bicyclic) bond motifs is 1. The van der Waals surface area contributed by atoms with E-state index in [4.69, 9.17) is 0 Å². The van der Waals surface area contributed by atoms with Crippen LogP contribution >= 0.6 is 11.8 Å². The van der Waals surface area contributed by atoms with Crippen LogP contribution in [0.2, 0.25) is 0 Å². The Bertz CT molecular complexity index is 1330. The second-order valence-corrected chi connectivity index (χ2v) is 8.73. The number of para-hydroxylation sites is 1. The fraction of sp³-hybridized carbons (Fsp3) is 0.261. The zero-order valence-electron chi connectivity index (χ0n) is 18.1. The van der Waals surface area contributed by atoms with Gasteiger partial charge in [0.1, 0.15) is 5.82 Å². The summed E-state index contributed by atoms with van der Waals surface area (Å²) in [7, 11) is 0. The number of nitrogens with one attached hydrogen (secondary N) is 2. The lowest BCUT2D eigenvalue weighted by atomic mass is 10.1. The molecule has 0 aliphatic carbocycles. The zero-order chi connectivity index (χ0) is 22.7. The molecule has 4 aromatic rings. The van der Waals surface area contributed by atoms with Gasteiger partial charge in [-0.25, -0.2) is 4.98 Å². The molecule has 2 N–H and O–H groups in total. The van der Waals surface area contributed by atoms with Crippen LogP contribution in [-0.2, 0) is 13.1 Å². The molecule has 0 saturated heterocycles. The summed E-state index contributed by atoms with van der Waals surface area (Å²) >= 11 is 1.46. The average Bonchev–Trinajstić information content (AvgIpc) is 3.18. The fourth-order valence-corrected chi connectivity index (χ4v) is 4.40. The van der Waals surface area contributed by atoms with Crippen LogP contribution in [0.1, 0.15) is 46.7 Å². The number of aryl methyl sites for hydroxylation is 1. The van der Waals surface area contributed by atoms with Gasteiger partial charge < -0.3 is 14.9 Å². The molecule has 2 aromatic carbocycles. The smallest absolute Gasteiger partial charge is 0.258 e. The number of thioether (sulfide) groups is 1. The van der Waals surface area contributed by atoms with Crippen molar-refractivity contribution in [3.63, 3.8) is 0 Å². The summed E-state index contributed by atoms with van der Waals surface area (Å²) in [6, 6.07) is 14.7. The molecule has 9 heteroatoms. The number of nitrogens with zero attached hydrogens (tertiary/aromatic N) is 4. The number of aromatic amines is 1. The van der Waals surface area contributed by atoms with Crippen molar-refractivity contribution >= 4 is 28.6 Å². The van der Waals surface area contributed by atoms with Crippen LogP contribution in [0.4, 0.5) is 0 Å². The van der Waals surface area contributed by atoms with Crippen LogP contribution in [0.5, 0.6) is 0 Å². The molecule has 0 radical (unpaired) electrons. The topological polar surface area (TPSA) is 106 Å². The fourth-order valence-electron chi connectivity index (χ4n) is 3.41. The number of hydrogen-bond donors (Lipinski definition) is 2. The predicted octanol–water partition coefficient (Wildman–Crippen LogP) is 3.63. The molecule has 0 spiro atoms. The minimum absolute atomic E-state index is 0.142. The highest BCUT2D eigenvalue weighted by atomic mass is 32.2. The number of carbonyl (C=O) groups excluding carboxylic acids is 1. The first-order valence-corrected chi connectivity index (χ1v) is 11.3. The maximum Gasteiger partial charge on any atom is 0.258 e. The van der Waals surface area contributed by atoms with Crippen LogP contribution in [0.15, 0.2) is 58.5 Å². The van der Waals surface area contributed by atoms with Gasteiger partial charge in [0.05, 0.1) is 22.7 Å². The highest BCUT2D eigenvalue weighted by Gasteiger charge is 2.18. The largest absolute Gasteiger partial charge is 0.345 e. The van der Waals surface area contributed by atoms with Crippen LogP contribution < -0.4 is 10.9 Å². The first kappa shape index (κ1) is 21.8. The molecule has 2 aromatic heterocycles. The zero-order valence-corrected chi connectivity index (χ0v) is 18.9. The Hall–Kier alpha value is -3.46. The van der Waals surface area contributed by atoms with E-state index in [0.29, 0.717) is 39.8 Å². The average molecular weight is 449 g/mol. The van der Waals surface area contributed by atoms with E-state index in [1.54, 1.807) is 12.1 Å². The van der Waals surface area contributed by atoms with Gasteiger partial charge in [-0.2, -0.15) is 0 Å². The molecule has 4 rings (SSSR count). The van der Waals surface area contributed by atoms with Gasteiger partial charge in [0.2, 0.25) is 0 Å². The first-order chi connectivity index (χ1) is 15.5. The Morgan fingerprint density at radius 3 is 2.78 bits per heavy atom. The summed E-state index contributed by atoms with van der Waals surface area (Å²) in [5.74, 6) is 1.10. The molecular formula is C23H24N6O2S. The standard InChI is InChI=1S/C23H24N6O2S/c1-4-29-19(13-24-21(30)16-9-7-8-14(2)12-16)27-28-23(29)32-15(3)20-25-18-11-6-5-10-17(18)22(31)26-20/h5-12,15H,4,13H2,1-3H3,(H,24,30)(H,25,26,31)/t15-/m0/s1. The van der Waals surface area contributed by atoms with Gasteiger partial charge in [0, 0.05) is 12.1 Å². The minimum Gasteiger partial charge on any atom is -0.345 e. The maximum atomic E-state index is 12.5. The van der Waals surface area contributed by atoms with E-state index < -0.39 is 0 Å². The third-order valence-electron chi connectivity index (χ3n) is 5.10. The number of H-pyrrole nitrogens is 1. The lowest BCUT2D eigenvalue weighted by Gasteiger charge is -2.12. The Balaban J connectivity index is 1.49. The summed E-state index contributed by atoms with van der Waals surface area (Å²) < 4.78 is 1.96. The lowest BCUT2D eigenvalue weighted by Crippen LogP contribution is -2.24. The molecule has 164 valence electrons. The van der Waals surface area contributed by atoms with Crippen molar-refractivity contribution in [2.45, 2.75) is 44.3 Å². The number of aromatic nitrogens is 5. The van der Waals surface area contributed by atoms with Crippen LogP contribution in [-0.4, -0.2) is 30.6 Å². The van der Waals surface area contributed by atoms with E-state index in [0.717, 1.165) is 5.56 Å². The second-order valence-electron chi connectivity index (χ2n) is 7.42. The Kier molecular flexibility index (Phi) is 6.36. The molecule has 1 atom stereocenters. The molecule has 8 nitrogen and oxygen atoms in total. The van der Waals surface area contributed by atoms with Crippen molar-refractivity contribution in [3.05, 3.63) is 81.7 Å². The third kappa shape index (κ3) is 4.57. The Labute approximate surface area is 189 Å². The number of carbonyl (C=O) groups is 1. The minimum atomic E-state index is -0.158. The van der Waals surface area contributed by atoms with Crippen molar-refractivity contribution in [2.24, 2.45) is 0 Å². The van der Waals surface area contributed by atoms with E-state index in [1.165, 1.54) is 11.8 Å². The lowest BCUT2D eigenvalue weighted by molar-refractivity contribution is 0.0949. The second kappa shape index (κ2) is 9.35. The van der Waals surface area contributed by atoms with E-state index in [-0.39, 0.29) is 23.3 Å². The van der Waals surface area contributed by atoms with Crippen LogP contribution in [0.3, 0.4) is 0 Å². The van der Waals surface area contributed by atoms with E-state index >= 15 is 0 Å². The molecule has 0 fully saturated rings. The summed E-state index contributed by atoms with van der Waals surface area (Å²) in [5, 5.41) is 12.6. The number of rotatable bonds is 7. The van der Waals surface area contributed by atoms with Crippen molar-refractivity contribution < 1.29 is 4.79 Å². The normalized spacial score (nSPS) is 12.1. The van der Waals surface area contributed by atoms with Gasteiger partial charge in [0.15, 0.2) is 11.0 Å². The van der Waals surface area contributed by atoms with Gasteiger partial charge in [-0.05, 0) is 45.0 Å². The molecule has 0 aliphatic rings. The predicted molar refractivity (Wildman–Crippen MR) is 125 cm³/mol. The highest BCUT2D eigenvalue weighted by Crippen LogP contribution is 2.32. The first-order valence-electron chi connectivity index (χ1n) is 10.4. The third-order valence-corrected chi connectivity index (χ3v) is 6.19. The monoisotopic (exact) mass is 448 g/mol. The maximum absolute atomic E-state index is 12.5. The SMILES string of the molecule is CCn1c(CNC(=O)c2cccc(C)c2)nnc1S[C@@H](C)c1nc2ccccc2c(=O)[nH]1. The Morgan fingerprint density at radius 1 is 1.19 bits per heavy atom. The number of hydrogen-bond acceptors (Lipinski definition) is 6. The van der Waals surface area contributed by atoms with Crippen LogP contribution in [0.25, 0.3) is 10.9 Å². The van der Waals surface area contributed by atoms with E-state index in [1.807, 2.05) is 61.7 Å². The quantitative estimate of drug-likeness (QED) is 0.418. The van der Waals surface area contributed by atoms with Crippen molar-refractivity contribution in [1.82, 2.24) is 30.0 Å². The van der Waals surface area contributed by atoms with Gasteiger partial charge >= 0.3 is 0 Å². The molecule has 0 saturated carbocycles. The molecular weight excluding hydrogens is 424 g/mol. The highest BCUT2D eigenvalue weighted by molar-refractivity contribution is 7.99. The van der Waals surface area contributed by atoms with Crippen molar-refractivity contribution in [1.29, 1.82) is 0 Å². The molecule has 1 amide bonds. The molecule has 0 unspecified atom stereocenters. The summed E-state index contributed by atoms with van der Waals surface area (Å²) in [4.78, 5) is 32.3. The molecule has 0 bridgehead atoms. The van der Waals surface area contributed by atoms with Crippen molar-refractivity contribution in [3.8, 4) is 0 Å². The van der Waals surface area contributed by atoms with Crippen molar-refractivity contribution in [2.75, 3.05) is 0 Å². The molecule has 2 heterocycles. The summed E-state index contributed by atoms with van der Waals surface area (Å²) in [6.45, 7) is 6.84. The van der Waals surface area contributed by atoms with Gasteiger partial charge in [0.25, 0.3) is 11.5 Å². The summed E-state index contributed by atoms with van der Waals surface area (Å²) in [6.07, 6.45) is 0. The van der Waals surface area contributed by atoms with Gasteiger partial charge in [-0.15, -0.1) is 10.2 Å². The van der Waals surface area contributed by atoms with Crippen LogP contribution in [0, 0.1) is 6.92 Å². The number of benzene rings is 2. The van der Waals surface area contributed by atoms with Gasteiger partial charge in [-0.1, -0.05) is 41.6 Å². The van der Waals surface area contributed by atoms with E-state index in [9.17, 15) is 9.59 Å². The Morgan fingerprint density at radius 2 is 2.00 bits per heavy atom. The van der Waals surface area contributed by atoms with Gasteiger partial charge in [-0.3, -0.25) is 9.59 Å². The number of amides is 1. The summed E-state index contributed by atoms with van der Waals surface area (Å²) in [5.41, 5.74) is 2.15. The molecule has 32 heavy (non-hydrogen) atoms. The van der Waals surface area contributed by atoms with E-state index in [2.05, 4.69) is 25.5 Å².